The summed E-state index contributed by atoms with van der Waals surface area (Å²) in [6.45, 7) is 5.33. The maximum Gasteiger partial charge on any atom is 0.241 e. The Labute approximate surface area is 161 Å². The molecule has 0 radical (unpaired) electrons. The highest BCUT2D eigenvalue weighted by Crippen LogP contribution is 2.44. The van der Waals surface area contributed by atoms with E-state index in [9.17, 15) is 14.7 Å². The number of aliphatic hydroxyl groups excluding tert-OH is 1. The van der Waals surface area contributed by atoms with Crippen LogP contribution in [0.5, 0.6) is 0 Å². The zero-order chi connectivity index (χ0) is 19.6. The van der Waals surface area contributed by atoms with E-state index in [0.29, 0.717) is 36.6 Å². The number of nitrogens with zero attached hydrogens (tertiary/aromatic N) is 1. The molecule has 1 saturated heterocycles. The summed E-state index contributed by atoms with van der Waals surface area (Å²) in [6.07, 6.45) is 4.30. The fraction of sp³-hybridized carbons (Fsp3) is 0.545. The average molecular weight is 371 g/mol. The molecule has 1 amide bonds. The monoisotopic (exact) mass is 371 g/mol. The fourth-order valence-corrected chi connectivity index (χ4v) is 4.35. The van der Waals surface area contributed by atoms with Crippen LogP contribution in [-0.4, -0.2) is 48.0 Å². The maximum absolute atomic E-state index is 13.9. The van der Waals surface area contributed by atoms with Crippen molar-refractivity contribution in [2.75, 3.05) is 20.3 Å². The van der Waals surface area contributed by atoms with Crippen molar-refractivity contribution in [1.82, 2.24) is 4.90 Å². The number of aliphatic hydroxyl groups is 1. The lowest BCUT2D eigenvalue weighted by Gasteiger charge is -2.40. The first-order valence-corrected chi connectivity index (χ1v) is 9.76. The lowest BCUT2D eigenvalue weighted by atomic mass is 9.67. The van der Waals surface area contributed by atoms with Gasteiger partial charge in [0.2, 0.25) is 5.91 Å². The molecule has 1 aliphatic heterocycles. The van der Waals surface area contributed by atoms with Gasteiger partial charge < -0.3 is 14.7 Å². The normalized spacial score (nSPS) is 24.9. The molecule has 1 heterocycles. The summed E-state index contributed by atoms with van der Waals surface area (Å²) in [7, 11) is 1.64. The standard InChI is InChI=1S/C22H29NO4/c1-15(2)10-11-22(21(26)23-12-6-7-16(23)14-27-3)18-9-5-4-8-17(18)19(24)13-20(22)25/h4-5,8-9,13,15-16,25H,6-7,10-12,14H2,1-3H3/t16-,22+/m0/s1. The number of rotatable bonds is 6. The molecule has 0 bridgehead atoms. The van der Waals surface area contributed by atoms with Crippen molar-refractivity contribution in [3.05, 3.63) is 47.2 Å². The van der Waals surface area contributed by atoms with Crippen LogP contribution in [0.1, 0.15) is 55.5 Å². The Morgan fingerprint density at radius 1 is 1.37 bits per heavy atom. The summed E-state index contributed by atoms with van der Waals surface area (Å²) in [5, 5.41) is 11.0. The van der Waals surface area contributed by atoms with E-state index in [-0.39, 0.29) is 23.5 Å². The van der Waals surface area contributed by atoms with E-state index >= 15 is 0 Å². The topological polar surface area (TPSA) is 66.8 Å². The predicted octanol–water partition coefficient (Wildman–Crippen LogP) is 3.64. The van der Waals surface area contributed by atoms with Gasteiger partial charge in [-0.1, -0.05) is 38.1 Å². The number of carbonyl (C=O) groups excluding carboxylic acids is 2. The van der Waals surface area contributed by atoms with E-state index in [2.05, 4.69) is 13.8 Å². The molecule has 1 fully saturated rings. The highest BCUT2D eigenvalue weighted by molar-refractivity contribution is 6.11. The third kappa shape index (κ3) is 3.41. The second-order valence-corrected chi connectivity index (χ2v) is 8.03. The number of benzene rings is 1. The van der Waals surface area contributed by atoms with E-state index in [1.165, 1.54) is 6.08 Å². The lowest BCUT2D eigenvalue weighted by Crippen LogP contribution is -2.52. The number of hydrogen-bond acceptors (Lipinski definition) is 4. The van der Waals surface area contributed by atoms with Gasteiger partial charge in [-0.25, -0.2) is 0 Å². The summed E-state index contributed by atoms with van der Waals surface area (Å²) < 4.78 is 5.31. The molecule has 3 rings (SSSR count). The molecule has 0 aromatic heterocycles. The van der Waals surface area contributed by atoms with Gasteiger partial charge in [-0.15, -0.1) is 0 Å². The minimum Gasteiger partial charge on any atom is -0.511 e. The first-order valence-electron chi connectivity index (χ1n) is 9.76. The van der Waals surface area contributed by atoms with Crippen LogP contribution in [0.4, 0.5) is 0 Å². The van der Waals surface area contributed by atoms with Gasteiger partial charge in [0.1, 0.15) is 11.2 Å². The third-order valence-corrected chi connectivity index (χ3v) is 5.82. The zero-order valence-corrected chi connectivity index (χ0v) is 16.4. The highest BCUT2D eigenvalue weighted by atomic mass is 16.5. The molecular formula is C22H29NO4. The van der Waals surface area contributed by atoms with Crippen molar-refractivity contribution in [2.45, 2.75) is 51.0 Å². The third-order valence-electron chi connectivity index (χ3n) is 5.82. The average Bonchev–Trinajstić information content (AvgIpc) is 3.10. The van der Waals surface area contributed by atoms with Crippen molar-refractivity contribution in [2.24, 2.45) is 5.92 Å². The lowest BCUT2D eigenvalue weighted by molar-refractivity contribution is -0.139. The van der Waals surface area contributed by atoms with E-state index in [1.54, 1.807) is 19.2 Å². The van der Waals surface area contributed by atoms with Gasteiger partial charge in [-0.05, 0) is 37.2 Å². The van der Waals surface area contributed by atoms with Gasteiger partial charge >= 0.3 is 0 Å². The Kier molecular flexibility index (Phi) is 5.70. The highest BCUT2D eigenvalue weighted by Gasteiger charge is 2.51. The minimum absolute atomic E-state index is 0.0102. The van der Waals surface area contributed by atoms with Crippen LogP contribution in [-0.2, 0) is 14.9 Å². The maximum atomic E-state index is 13.9. The number of amides is 1. The summed E-state index contributed by atoms with van der Waals surface area (Å²) in [6, 6.07) is 7.20. The van der Waals surface area contributed by atoms with E-state index in [4.69, 9.17) is 4.74 Å². The van der Waals surface area contributed by atoms with Gasteiger partial charge in [0.25, 0.3) is 0 Å². The molecule has 2 atom stereocenters. The summed E-state index contributed by atoms with van der Waals surface area (Å²) in [5.41, 5.74) is -0.0518. The fourth-order valence-electron chi connectivity index (χ4n) is 4.35. The molecule has 2 aliphatic rings. The largest absolute Gasteiger partial charge is 0.511 e. The van der Waals surface area contributed by atoms with Crippen LogP contribution in [0.3, 0.4) is 0 Å². The molecule has 1 N–H and O–H groups in total. The van der Waals surface area contributed by atoms with Crippen molar-refractivity contribution < 1.29 is 19.4 Å². The molecule has 5 nitrogen and oxygen atoms in total. The molecule has 1 aromatic carbocycles. The van der Waals surface area contributed by atoms with Gasteiger partial charge in [0, 0.05) is 25.3 Å². The van der Waals surface area contributed by atoms with E-state index < -0.39 is 5.41 Å². The Hall–Kier alpha value is -2.14. The number of likely N-dealkylation sites (tertiary alicyclic amines) is 1. The molecule has 146 valence electrons. The number of fused-ring (bicyclic) bond motifs is 1. The predicted molar refractivity (Wildman–Crippen MR) is 104 cm³/mol. The second kappa shape index (κ2) is 7.85. The first-order chi connectivity index (χ1) is 12.9. The Bertz CT molecular complexity index is 754. The van der Waals surface area contributed by atoms with Crippen LogP contribution in [0, 0.1) is 5.92 Å². The molecule has 5 heteroatoms. The number of ether oxygens (including phenoxy) is 1. The zero-order valence-electron chi connectivity index (χ0n) is 16.4. The first kappa shape index (κ1) is 19.6. The van der Waals surface area contributed by atoms with Gasteiger partial charge in [0.15, 0.2) is 5.78 Å². The van der Waals surface area contributed by atoms with Gasteiger partial charge in [-0.3, -0.25) is 9.59 Å². The SMILES string of the molecule is COC[C@@H]1CCCN1C(=O)[C@@]1(CCC(C)C)C(O)=CC(=O)c2ccccc21. The molecule has 0 unspecified atom stereocenters. The number of ketones is 1. The van der Waals surface area contributed by atoms with Crippen molar-refractivity contribution >= 4 is 11.7 Å². The number of methoxy groups -OCH3 is 1. The molecule has 1 aromatic rings. The van der Waals surface area contributed by atoms with Crippen LogP contribution in [0.2, 0.25) is 0 Å². The van der Waals surface area contributed by atoms with E-state index in [1.807, 2.05) is 17.0 Å². The van der Waals surface area contributed by atoms with Crippen molar-refractivity contribution in [1.29, 1.82) is 0 Å². The Balaban J connectivity index is 2.11. The van der Waals surface area contributed by atoms with Crippen LogP contribution in [0.15, 0.2) is 36.1 Å². The van der Waals surface area contributed by atoms with Gasteiger partial charge in [0.05, 0.1) is 12.6 Å². The quantitative estimate of drug-likeness (QED) is 0.829. The van der Waals surface area contributed by atoms with E-state index in [0.717, 1.165) is 19.3 Å². The van der Waals surface area contributed by atoms with Crippen LogP contribution in [0.25, 0.3) is 0 Å². The molecule has 27 heavy (non-hydrogen) atoms. The second-order valence-electron chi connectivity index (χ2n) is 8.03. The number of carbonyl (C=O) groups is 2. The summed E-state index contributed by atoms with van der Waals surface area (Å²) >= 11 is 0. The van der Waals surface area contributed by atoms with Crippen molar-refractivity contribution in [3.8, 4) is 0 Å². The van der Waals surface area contributed by atoms with Crippen molar-refractivity contribution in [3.63, 3.8) is 0 Å². The number of hydrogen-bond donors (Lipinski definition) is 1. The van der Waals surface area contributed by atoms with Crippen LogP contribution < -0.4 is 0 Å². The molecule has 0 spiro atoms. The van der Waals surface area contributed by atoms with Crippen LogP contribution >= 0.6 is 0 Å². The smallest absolute Gasteiger partial charge is 0.241 e. The van der Waals surface area contributed by atoms with Gasteiger partial charge in [-0.2, -0.15) is 0 Å². The Morgan fingerprint density at radius 2 is 2.11 bits per heavy atom. The molecule has 0 saturated carbocycles. The molecule has 1 aliphatic carbocycles. The molecular weight excluding hydrogens is 342 g/mol. The minimum atomic E-state index is -1.19. The summed E-state index contributed by atoms with van der Waals surface area (Å²) in [4.78, 5) is 28.2. The Morgan fingerprint density at radius 3 is 2.81 bits per heavy atom. The summed E-state index contributed by atoms with van der Waals surface area (Å²) in [5.74, 6) is -0.108. The number of allylic oxidation sites excluding steroid dienone is 1.